The van der Waals surface area contributed by atoms with E-state index in [0.29, 0.717) is 18.7 Å². The number of likely N-dealkylation sites (tertiary alicyclic amines) is 1. The van der Waals surface area contributed by atoms with Crippen LogP contribution in [0.15, 0.2) is 65.9 Å². The van der Waals surface area contributed by atoms with E-state index in [9.17, 15) is 4.79 Å². The van der Waals surface area contributed by atoms with Crippen molar-refractivity contribution >= 4 is 22.8 Å². The average Bonchev–Trinajstić information content (AvgIpc) is 3.45. The van der Waals surface area contributed by atoms with Crippen molar-refractivity contribution in [2.75, 3.05) is 18.4 Å². The Hall–Kier alpha value is -3.68. The second-order valence-electron chi connectivity index (χ2n) is 7.07. The average molecular weight is 388 g/mol. The number of hydrogen-bond donors (Lipinski definition) is 1. The number of aromatic nitrogens is 4. The molecular formula is C21H20N6O2. The molecule has 0 unspecified atom stereocenters. The molecule has 0 spiro atoms. The minimum Gasteiger partial charge on any atom is -0.472 e. The number of amides is 1. The molecule has 5 rings (SSSR count). The third kappa shape index (κ3) is 3.33. The number of hydrogen-bond acceptors (Lipinski definition) is 6. The topological polar surface area (TPSA) is 89.1 Å². The number of fused-ring (bicyclic) bond motifs is 1. The van der Waals surface area contributed by atoms with Crippen LogP contribution in [-0.4, -0.2) is 49.7 Å². The lowest BCUT2D eigenvalue weighted by molar-refractivity contribution is 0.0717. The molecule has 1 aliphatic rings. The first-order valence-corrected chi connectivity index (χ1v) is 9.62. The van der Waals surface area contributed by atoms with Crippen LogP contribution in [0.5, 0.6) is 0 Å². The summed E-state index contributed by atoms with van der Waals surface area (Å²) in [6, 6.07) is 11.9. The van der Waals surface area contributed by atoms with E-state index in [1.54, 1.807) is 18.6 Å². The van der Waals surface area contributed by atoms with Crippen LogP contribution in [0, 0.1) is 0 Å². The van der Waals surface area contributed by atoms with E-state index in [1.165, 1.54) is 12.5 Å². The van der Waals surface area contributed by atoms with Gasteiger partial charge in [0.05, 0.1) is 29.1 Å². The van der Waals surface area contributed by atoms with Gasteiger partial charge in [0, 0.05) is 19.1 Å². The van der Waals surface area contributed by atoms with Crippen LogP contribution < -0.4 is 5.32 Å². The maximum absolute atomic E-state index is 12.5. The maximum Gasteiger partial charge on any atom is 0.257 e. The largest absolute Gasteiger partial charge is 0.472 e. The first-order valence-electron chi connectivity index (χ1n) is 9.62. The number of piperidine rings is 1. The molecule has 1 aromatic carbocycles. The van der Waals surface area contributed by atoms with E-state index >= 15 is 0 Å². The fourth-order valence-electron chi connectivity index (χ4n) is 3.71. The number of para-hydroxylation sites is 1. The van der Waals surface area contributed by atoms with Gasteiger partial charge < -0.3 is 14.6 Å². The molecule has 1 saturated heterocycles. The molecule has 8 nitrogen and oxygen atoms in total. The monoisotopic (exact) mass is 388 g/mol. The molecule has 0 radical (unpaired) electrons. The third-order valence-corrected chi connectivity index (χ3v) is 5.26. The Bertz CT molecular complexity index is 1110. The SMILES string of the molecule is O=C(c1ccoc1)N1CCC(Nc2ncnc3c2cnn3-c2ccccc2)CC1. The summed E-state index contributed by atoms with van der Waals surface area (Å²) < 4.78 is 6.83. The van der Waals surface area contributed by atoms with E-state index in [2.05, 4.69) is 20.4 Å². The van der Waals surface area contributed by atoms with Crippen LogP contribution in [-0.2, 0) is 0 Å². The molecule has 0 saturated carbocycles. The third-order valence-electron chi connectivity index (χ3n) is 5.26. The number of nitrogens with zero attached hydrogens (tertiary/aromatic N) is 5. The highest BCUT2D eigenvalue weighted by Gasteiger charge is 2.25. The summed E-state index contributed by atoms with van der Waals surface area (Å²) in [6.45, 7) is 1.39. The fraction of sp³-hybridized carbons (Fsp3) is 0.238. The first kappa shape index (κ1) is 17.4. The van der Waals surface area contributed by atoms with Gasteiger partial charge in [-0.05, 0) is 31.0 Å². The quantitative estimate of drug-likeness (QED) is 0.578. The van der Waals surface area contributed by atoms with Crippen molar-refractivity contribution in [3.63, 3.8) is 0 Å². The molecule has 1 fully saturated rings. The lowest BCUT2D eigenvalue weighted by Crippen LogP contribution is -2.42. The second kappa shape index (κ2) is 7.38. The standard InChI is InChI=1S/C21H20N6O2/c28-21(15-8-11-29-13-15)26-9-6-16(7-10-26)25-19-18-12-24-27(20(18)23-14-22-19)17-4-2-1-3-5-17/h1-5,8,11-14,16H,6-7,9-10H2,(H,22,23,25). The minimum absolute atomic E-state index is 0.0192. The van der Waals surface area contributed by atoms with Crippen LogP contribution >= 0.6 is 0 Å². The number of anilines is 1. The summed E-state index contributed by atoms with van der Waals surface area (Å²) >= 11 is 0. The Labute approximate surface area is 167 Å². The van der Waals surface area contributed by atoms with E-state index < -0.39 is 0 Å². The van der Waals surface area contributed by atoms with Crippen molar-refractivity contribution in [3.05, 3.63) is 67.0 Å². The summed E-state index contributed by atoms with van der Waals surface area (Å²) in [6.07, 6.45) is 8.07. The molecule has 1 amide bonds. The van der Waals surface area contributed by atoms with Gasteiger partial charge in [-0.2, -0.15) is 5.10 Å². The molecular weight excluding hydrogens is 368 g/mol. The molecule has 8 heteroatoms. The molecule has 0 aliphatic carbocycles. The lowest BCUT2D eigenvalue weighted by Gasteiger charge is -2.32. The van der Waals surface area contributed by atoms with Crippen LogP contribution in [0.25, 0.3) is 16.7 Å². The Morgan fingerprint density at radius 1 is 1.10 bits per heavy atom. The molecule has 29 heavy (non-hydrogen) atoms. The maximum atomic E-state index is 12.5. The van der Waals surface area contributed by atoms with Crippen LogP contribution in [0.3, 0.4) is 0 Å². The van der Waals surface area contributed by atoms with Gasteiger partial charge in [-0.1, -0.05) is 18.2 Å². The van der Waals surface area contributed by atoms with Crippen molar-refractivity contribution < 1.29 is 9.21 Å². The second-order valence-corrected chi connectivity index (χ2v) is 7.07. The van der Waals surface area contributed by atoms with Gasteiger partial charge in [-0.3, -0.25) is 4.79 Å². The van der Waals surface area contributed by atoms with Crippen molar-refractivity contribution in [1.82, 2.24) is 24.6 Å². The molecule has 3 aromatic heterocycles. The summed E-state index contributed by atoms with van der Waals surface area (Å²) in [5.74, 6) is 0.794. The molecule has 1 aliphatic heterocycles. The zero-order valence-electron chi connectivity index (χ0n) is 15.7. The number of carbonyl (C=O) groups excluding carboxylic acids is 1. The summed E-state index contributed by atoms with van der Waals surface area (Å²) in [5.41, 5.74) is 2.32. The number of furan rings is 1. The summed E-state index contributed by atoms with van der Waals surface area (Å²) in [4.78, 5) is 23.2. The smallest absolute Gasteiger partial charge is 0.257 e. The zero-order chi connectivity index (χ0) is 19.6. The highest BCUT2D eigenvalue weighted by atomic mass is 16.3. The van der Waals surface area contributed by atoms with Gasteiger partial charge in [-0.15, -0.1) is 0 Å². The highest BCUT2D eigenvalue weighted by molar-refractivity contribution is 5.94. The number of rotatable bonds is 4. The highest BCUT2D eigenvalue weighted by Crippen LogP contribution is 2.24. The van der Waals surface area contributed by atoms with E-state index in [0.717, 1.165) is 35.4 Å². The number of carbonyl (C=O) groups is 1. The lowest BCUT2D eigenvalue weighted by atomic mass is 10.0. The Morgan fingerprint density at radius 3 is 2.69 bits per heavy atom. The molecule has 0 bridgehead atoms. The molecule has 1 N–H and O–H groups in total. The van der Waals surface area contributed by atoms with Crippen molar-refractivity contribution in [2.45, 2.75) is 18.9 Å². The normalized spacial score (nSPS) is 15.0. The summed E-state index contributed by atoms with van der Waals surface area (Å²) in [5, 5.41) is 8.90. The van der Waals surface area contributed by atoms with Gasteiger partial charge in [-0.25, -0.2) is 14.6 Å². The van der Waals surface area contributed by atoms with Crippen LogP contribution in [0.2, 0.25) is 0 Å². The number of benzene rings is 1. The molecule has 0 atom stereocenters. The Balaban J connectivity index is 1.30. The zero-order valence-corrected chi connectivity index (χ0v) is 15.7. The van der Waals surface area contributed by atoms with Crippen molar-refractivity contribution in [3.8, 4) is 5.69 Å². The van der Waals surface area contributed by atoms with Gasteiger partial charge in [0.1, 0.15) is 18.4 Å². The predicted octanol–water partition coefficient (Wildman–Crippen LogP) is 3.13. The van der Waals surface area contributed by atoms with Crippen LogP contribution in [0.4, 0.5) is 5.82 Å². The van der Waals surface area contributed by atoms with Crippen molar-refractivity contribution in [1.29, 1.82) is 0 Å². The van der Waals surface area contributed by atoms with Gasteiger partial charge in [0.15, 0.2) is 5.65 Å². The van der Waals surface area contributed by atoms with Gasteiger partial charge >= 0.3 is 0 Å². The molecule has 146 valence electrons. The first-order chi connectivity index (χ1) is 14.3. The Kier molecular flexibility index (Phi) is 4.44. The fourth-order valence-corrected chi connectivity index (χ4v) is 3.71. The van der Waals surface area contributed by atoms with Gasteiger partial charge in [0.25, 0.3) is 5.91 Å². The van der Waals surface area contributed by atoms with Crippen LogP contribution in [0.1, 0.15) is 23.2 Å². The predicted molar refractivity (Wildman–Crippen MR) is 108 cm³/mol. The molecule has 4 heterocycles. The van der Waals surface area contributed by atoms with E-state index in [1.807, 2.05) is 39.9 Å². The minimum atomic E-state index is 0.0192. The Morgan fingerprint density at radius 2 is 1.93 bits per heavy atom. The van der Waals surface area contributed by atoms with Gasteiger partial charge in [0.2, 0.25) is 0 Å². The summed E-state index contributed by atoms with van der Waals surface area (Å²) in [7, 11) is 0. The number of nitrogens with one attached hydrogen (secondary N) is 1. The van der Waals surface area contributed by atoms with Crippen molar-refractivity contribution in [2.24, 2.45) is 0 Å². The van der Waals surface area contributed by atoms with E-state index in [-0.39, 0.29) is 11.9 Å². The molecule has 4 aromatic rings. The van der Waals surface area contributed by atoms with E-state index in [4.69, 9.17) is 4.42 Å².